The van der Waals surface area contributed by atoms with E-state index < -0.39 is 0 Å². The third-order valence-electron chi connectivity index (χ3n) is 1.31. The predicted octanol–water partition coefficient (Wildman–Crippen LogP) is 1.47. The van der Waals surface area contributed by atoms with Crippen molar-refractivity contribution in [1.29, 1.82) is 0 Å². The smallest absolute Gasteiger partial charge is 0.307 e. The Kier molecular flexibility index (Phi) is 1.56. The first-order chi connectivity index (χ1) is 4.20. The van der Waals surface area contributed by atoms with Crippen LogP contribution in [0.3, 0.4) is 0 Å². The van der Waals surface area contributed by atoms with Gasteiger partial charge in [0.1, 0.15) is 5.76 Å². The van der Waals surface area contributed by atoms with Crippen molar-refractivity contribution in [2.45, 2.75) is 19.8 Å². The molecule has 0 amide bonds. The summed E-state index contributed by atoms with van der Waals surface area (Å²) < 4.78 is 4.74. The number of ether oxygens (including phenoxy) is 1. The third kappa shape index (κ3) is 1.88. The van der Waals surface area contributed by atoms with E-state index in [0.717, 1.165) is 12.8 Å². The Morgan fingerprint density at radius 2 is 2.22 bits per heavy atom. The molecule has 0 aliphatic heterocycles. The number of carbonyl (C=O) groups excluding carboxylic acids is 1. The molecule has 0 N–H and O–H groups in total. The maximum absolute atomic E-state index is 10.3. The summed E-state index contributed by atoms with van der Waals surface area (Å²) in [5, 5.41) is 0. The Morgan fingerprint density at radius 3 is 2.56 bits per heavy atom. The van der Waals surface area contributed by atoms with E-state index in [1.165, 1.54) is 6.92 Å². The van der Waals surface area contributed by atoms with Gasteiger partial charge in [-0.15, -0.1) is 0 Å². The number of allylic oxidation sites excluding steroid dienone is 1. The van der Waals surface area contributed by atoms with Gasteiger partial charge in [0, 0.05) is 12.8 Å². The van der Waals surface area contributed by atoms with Gasteiger partial charge < -0.3 is 4.74 Å². The molecule has 0 unspecified atom stereocenters. The number of rotatable bonds is 2. The molecule has 2 heteroatoms. The molecule has 0 aromatic carbocycles. The highest BCUT2D eigenvalue weighted by atomic mass is 16.5. The minimum atomic E-state index is -0.258. The van der Waals surface area contributed by atoms with Gasteiger partial charge >= 0.3 is 5.97 Å². The van der Waals surface area contributed by atoms with Crippen LogP contribution in [-0.2, 0) is 9.53 Å². The first kappa shape index (κ1) is 6.33. The summed E-state index contributed by atoms with van der Waals surface area (Å²) in [6.07, 6.45) is 2.26. The maximum Gasteiger partial charge on any atom is 0.307 e. The fourth-order valence-electron chi connectivity index (χ4n) is 0.673. The average molecular weight is 126 g/mol. The lowest BCUT2D eigenvalue weighted by molar-refractivity contribution is -0.137. The van der Waals surface area contributed by atoms with Crippen LogP contribution in [0.5, 0.6) is 0 Å². The SMILES string of the molecule is C=C(OC(C)=O)C1CC1. The van der Waals surface area contributed by atoms with Gasteiger partial charge in [-0.1, -0.05) is 6.58 Å². The van der Waals surface area contributed by atoms with E-state index in [1.807, 2.05) is 0 Å². The van der Waals surface area contributed by atoms with Crippen LogP contribution in [-0.4, -0.2) is 5.97 Å². The Hall–Kier alpha value is -0.790. The van der Waals surface area contributed by atoms with Crippen molar-refractivity contribution >= 4 is 5.97 Å². The summed E-state index contributed by atoms with van der Waals surface area (Å²) in [4.78, 5) is 10.3. The van der Waals surface area contributed by atoms with Gasteiger partial charge in [-0.2, -0.15) is 0 Å². The second-order valence-electron chi connectivity index (χ2n) is 2.33. The van der Waals surface area contributed by atoms with Gasteiger partial charge in [-0.3, -0.25) is 4.79 Å². The normalized spacial score (nSPS) is 17.0. The molecular weight excluding hydrogens is 116 g/mol. The molecule has 0 spiro atoms. The summed E-state index contributed by atoms with van der Waals surface area (Å²) in [6.45, 7) is 5.01. The molecule has 0 radical (unpaired) electrons. The van der Waals surface area contributed by atoms with Crippen molar-refractivity contribution in [3.05, 3.63) is 12.3 Å². The van der Waals surface area contributed by atoms with Crippen molar-refractivity contribution in [3.63, 3.8) is 0 Å². The minimum absolute atomic E-state index is 0.258. The first-order valence-electron chi connectivity index (χ1n) is 3.07. The largest absolute Gasteiger partial charge is 0.432 e. The van der Waals surface area contributed by atoms with E-state index in [0.29, 0.717) is 11.7 Å². The standard InChI is InChI=1S/C7H10O2/c1-5(7-3-4-7)9-6(2)8/h7H,1,3-4H2,2H3. The summed E-state index contributed by atoms with van der Waals surface area (Å²) >= 11 is 0. The van der Waals surface area contributed by atoms with E-state index in [1.54, 1.807) is 0 Å². The van der Waals surface area contributed by atoms with Crippen LogP contribution < -0.4 is 0 Å². The van der Waals surface area contributed by atoms with E-state index in [-0.39, 0.29) is 5.97 Å². The summed E-state index contributed by atoms with van der Waals surface area (Å²) in [6, 6.07) is 0. The van der Waals surface area contributed by atoms with Crippen LogP contribution in [0.1, 0.15) is 19.8 Å². The van der Waals surface area contributed by atoms with Gasteiger partial charge in [-0.05, 0) is 12.8 Å². The topological polar surface area (TPSA) is 26.3 Å². The second-order valence-corrected chi connectivity index (χ2v) is 2.33. The molecule has 0 heterocycles. The third-order valence-corrected chi connectivity index (χ3v) is 1.31. The molecule has 0 aromatic heterocycles. The van der Waals surface area contributed by atoms with Crippen LogP contribution in [0, 0.1) is 5.92 Å². The quantitative estimate of drug-likeness (QED) is 0.413. The molecule has 2 nitrogen and oxygen atoms in total. The van der Waals surface area contributed by atoms with Crippen molar-refractivity contribution in [3.8, 4) is 0 Å². The fourth-order valence-corrected chi connectivity index (χ4v) is 0.673. The molecule has 1 rings (SSSR count). The lowest BCUT2D eigenvalue weighted by Crippen LogP contribution is -1.98. The minimum Gasteiger partial charge on any atom is -0.432 e. The highest BCUT2D eigenvalue weighted by Gasteiger charge is 2.26. The van der Waals surface area contributed by atoms with Gasteiger partial charge in [-0.25, -0.2) is 0 Å². The van der Waals surface area contributed by atoms with Crippen LogP contribution in [0.25, 0.3) is 0 Å². The monoisotopic (exact) mass is 126 g/mol. The number of hydrogen-bond acceptors (Lipinski definition) is 2. The van der Waals surface area contributed by atoms with Crippen LogP contribution in [0.15, 0.2) is 12.3 Å². The molecule has 0 bridgehead atoms. The van der Waals surface area contributed by atoms with E-state index in [2.05, 4.69) is 6.58 Å². The molecule has 1 aliphatic rings. The highest BCUT2D eigenvalue weighted by Crippen LogP contribution is 2.35. The molecule has 1 saturated carbocycles. The van der Waals surface area contributed by atoms with E-state index >= 15 is 0 Å². The maximum atomic E-state index is 10.3. The van der Waals surface area contributed by atoms with Crippen LogP contribution >= 0.6 is 0 Å². The fraction of sp³-hybridized carbons (Fsp3) is 0.571. The van der Waals surface area contributed by atoms with Gasteiger partial charge in [0.05, 0.1) is 0 Å². The van der Waals surface area contributed by atoms with Crippen molar-refractivity contribution in [1.82, 2.24) is 0 Å². The molecule has 9 heavy (non-hydrogen) atoms. The highest BCUT2D eigenvalue weighted by molar-refractivity contribution is 5.67. The lowest BCUT2D eigenvalue weighted by Gasteiger charge is -2.00. The average Bonchev–Trinajstić information content (AvgIpc) is 2.40. The number of esters is 1. The van der Waals surface area contributed by atoms with Crippen LogP contribution in [0.2, 0.25) is 0 Å². The van der Waals surface area contributed by atoms with Crippen molar-refractivity contribution < 1.29 is 9.53 Å². The van der Waals surface area contributed by atoms with E-state index in [4.69, 9.17) is 4.74 Å². The zero-order valence-corrected chi connectivity index (χ0v) is 5.52. The molecular formula is C7H10O2. The summed E-state index contributed by atoms with van der Waals surface area (Å²) in [5.74, 6) is 0.850. The van der Waals surface area contributed by atoms with E-state index in [9.17, 15) is 4.79 Å². The zero-order chi connectivity index (χ0) is 6.85. The number of carbonyl (C=O) groups is 1. The summed E-state index contributed by atoms with van der Waals surface area (Å²) in [5.41, 5.74) is 0. The van der Waals surface area contributed by atoms with Crippen LogP contribution in [0.4, 0.5) is 0 Å². The Bertz CT molecular complexity index is 145. The van der Waals surface area contributed by atoms with Gasteiger partial charge in [0.25, 0.3) is 0 Å². The van der Waals surface area contributed by atoms with Crippen molar-refractivity contribution in [2.75, 3.05) is 0 Å². The molecule has 0 saturated heterocycles. The first-order valence-corrected chi connectivity index (χ1v) is 3.07. The summed E-state index contributed by atoms with van der Waals surface area (Å²) in [7, 11) is 0. The molecule has 0 atom stereocenters. The number of hydrogen-bond donors (Lipinski definition) is 0. The molecule has 1 aliphatic carbocycles. The van der Waals surface area contributed by atoms with Gasteiger partial charge in [0.2, 0.25) is 0 Å². The van der Waals surface area contributed by atoms with Gasteiger partial charge in [0.15, 0.2) is 0 Å². The Labute approximate surface area is 54.5 Å². The molecule has 1 fully saturated rings. The predicted molar refractivity (Wildman–Crippen MR) is 33.6 cm³/mol. The molecule has 50 valence electrons. The second kappa shape index (κ2) is 2.21. The zero-order valence-electron chi connectivity index (χ0n) is 5.52. The lowest BCUT2D eigenvalue weighted by atomic mass is 10.4. The van der Waals surface area contributed by atoms with Crippen molar-refractivity contribution in [2.24, 2.45) is 5.92 Å². The Balaban J connectivity index is 2.26. The Morgan fingerprint density at radius 1 is 1.67 bits per heavy atom. The molecule has 0 aromatic rings.